The normalized spacial score (nSPS) is 9.92. The van der Waals surface area contributed by atoms with Crippen LogP contribution in [-0.4, -0.2) is 40.5 Å². The maximum Gasteiger partial charge on any atom is 0.324 e. The monoisotopic (exact) mass is 202 g/mol. The Morgan fingerprint density at radius 3 is 2.08 bits per heavy atom. The Labute approximate surface area is 85.7 Å². The molecule has 0 spiro atoms. The van der Waals surface area contributed by atoms with Crippen molar-refractivity contribution in [2.24, 2.45) is 0 Å². The minimum Gasteiger partial charge on any atom is -0.325 e. The Bertz CT molecular complexity index is 178. The Morgan fingerprint density at radius 2 is 1.85 bits per heavy atom. The number of amides is 2. The lowest BCUT2D eigenvalue weighted by Gasteiger charge is -2.28. The standard InChI is InChI=1S/C9H18N2OS/c1-5-10(6-2)9(12)11(7-13)8(3)4/h7-8H,5-6H2,1-4H3. The van der Waals surface area contributed by atoms with Crippen LogP contribution < -0.4 is 0 Å². The van der Waals surface area contributed by atoms with E-state index in [1.54, 1.807) is 9.80 Å². The van der Waals surface area contributed by atoms with Crippen LogP contribution >= 0.6 is 12.2 Å². The highest BCUT2D eigenvalue weighted by Crippen LogP contribution is 2.02. The minimum absolute atomic E-state index is 0.00463. The molecule has 0 saturated heterocycles. The van der Waals surface area contributed by atoms with Crippen LogP contribution in [0.4, 0.5) is 4.79 Å². The topological polar surface area (TPSA) is 23.6 Å². The Morgan fingerprint density at radius 1 is 1.38 bits per heavy atom. The van der Waals surface area contributed by atoms with Gasteiger partial charge in [0.05, 0.1) is 5.49 Å². The van der Waals surface area contributed by atoms with Gasteiger partial charge >= 0.3 is 6.03 Å². The fourth-order valence-corrected chi connectivity index (χ4v) is 1.38. The molecule has 2 amide bonds. The highest BCUT2D eigenvalue weighted by atomic mass is 32.1. The van der Waals surface area contributed by atoms with Gasteiger partial charge in [0.15, 0.2) is 0 Å². The minimum atomic E-state index is -0.00463. The first-order valence-electron chi connectivity index (χ1n) is 4.60. The Hall–Kier alpha value is -0.640. The molecule has 0 aliphatic rings. The van der Waals surface area contributed by atoms with Gasteiger partial charge in [-0.25, -0.2) is 4.79 Å². The summed E-state index contributed by atoms with van der Waals surface area (Å²) >= 11 is 4.79. The van der Waals surface area contributed by atoms with Crippen molar-refractivity contribution < 1.29 is 4.79 Å². The van der Waals surface area contributed by atoms with E-state index in [9.17, 15) is 4.79 Å². The molecule has 0 rings (SSSR count). The average molecular weight is 202 g/mol. The molecule has 13 heavy (non-hydrogen) atoms. The van der Waals surface area contributed by atoms with Crippen LogP contribution in [0.5, 0.6) is 0 Å². The van der Waals surface area contributed by atoms with Crippen molar-refractivity contribution in [3.05, 3.63) is 0 Å². The van der Waals surface area contributed by atoms with E-state index in [0.717, 1.165) is 13.1 Å². The zero-order valence-electron chi connectivity index (χ0n) is 8.78. The van der Waals surface area contributed by atoms with Gasteiger partial charge < -0.3 is 4.90 Å². The Kier molecular flexibility index (Phi) is 5.62. The predicted octanol–water partition coefficient (Wildman–Crippen LogP) is 2.12. The SMILES string of the molecule is CCN(CC)C(=O)N(C=S)C(C)C. The van der Waals surface area contributed by atoms with E-state index < -0.39 is 0 Å². The van der Waals surface area contributed by atoms with Crippen molar-refractivity contribution in [3.8, 4) is 0 Å². The number of hydrogen-bond donors (Lipinski definition) is 0. The van der Waals surface area contributed by atoms with Gasteiger partial charge in [0.2, 0.25) is 0 Å². The van der Waals surface area contributed by atoms with Gasteiger partial charge in [-0.1, -0.05) is 12.2 Å². The summed E-state index contributed by atoms with van der Waals surface area (Å²) in [5.41, 5.74) is 1.42. The van der Waals surface area contributed by atoms with E-state index in [2.05, 4.69) is 0 Å². The highest BCUT2D eigenvalue weighted by molar-refractivity contribution is 7.78. The molecule has 0 aliphatic carbocycles. The zero-order valence-corrected chi connectivity index (χ0v) is 9.60. The maximum absolute atomic E-state index is 11.7. The molecule has 0 unspecified atom stereocenters. The summed E-state index contributed by atoms with van der Waals surface area (Å²) in [6, 6.07) is 0.126. The maximum atomic E-state index is 11.7. The molecule has 0 saturated carbocycles. The van der Waals surface area contributed by atoms with Gasteiger partial charge in [0.25, 0.3) is 0 Å². The summed E-state index contributed by atoms with van der Waals surface area (Å²) in [6.45, 7) is 9.27. The molecule has 0 atom stereocenters. The number of urea groups is 1. The molecule has 0 bridgehead atoms. The van der Waals surface area contributed by atoms with Crippen LogP contribution in [0, 0.1) is 0 Å². The quantitative estimate of drug-likeness (QED) is 0.652. The third-order valence-corrected chi connectivity index (χ3v) is 2.15. The number of carbonyl (C=O) groups excluding carboxylic acids is 1. The molecule has 4 heteroatoms. The Balaban J connectivity index is 4.43. The lowest BCUT2D eigenvalue weighted by atomic mass is 10.3. The summed E-state index contributed by atoms with van der Waals surface area (Å²) in [5.74, 6) is 0. The average Bonchev–Trinajstić information content (AvgIpc) is 2.07. The fraction of sp³-hybridized carbons (Fsp3) is 0.778. The van der Waals surface area contributed by atoms with Crippen LogP contribution in [-0.2, 0) is 0 Å². The largest absolute Gasteiger partial charge is 0.325 e. The van der Waals surface area contributed by atoms with E-state index in [-0.39, 0.29) is 12.1 Å². The van der Waals surface area contributed by atoms with Crippen LogP contribution in [0.15, 0.2) is 0 Å². The summed E-state index contributed by atoms with van der Waals surface area (Å²) < 4.78 is 0. The lowest BCUT2D eigenvalue weighted by molar-refractivity contribution is 0.174. The molecular weight excluding hydrogens is 184 g/mol. The summed E-state index contributed by atoms with van der Waals surface area (Å²) in [7, 11) is 0. The van der Waals surface area contributed by atoms with Crippen molar-refractivity contribution >= 4 is 23.7 Å². The molecule has 0 aromatic carbocycles. The number of carbonyl (C=O) groups is 1. The first kappa shape index (κ1) is 12.4. The number of nitrogens with zero attached hydrogens (tertiary/aromatic N) is 2. The second-order valence-corrected chi connectivity index (χ2v) is 3.27. The van der Waals surface area contributed by atoms with Gasteiger partial charge in [0.1, 0.15) is 0 Å². The van der Waals surface area contributed by atoms with Crippen molar-refractivity contribution in [1.82, 2.24) is 9.80 Å². The number of thiocarbonyl (C=S) groups is 1. The van der Waals surface area contributed by atoms with E-state index in [1.165, 1.54) is 5.49 Å². The molecule has 0 aliphatic heterocycles. The summed E-state index contributed by atoms with van der Waals surface area (Å²) in [5, 5.41) is 0. The second kappa shape index (κ2) is 5.91. The predicted molar refractivity (Wildman–Crippen MR) is 58.9 cm³/mol. The van der Waals surface area contributed by atoms with E-state index in [0.29, 0.717) is 0 Å². The van der Waals surface area contributed by atoms with Gasteiger partial charge in [-0.15, -0.1) is 0 Å². The molecule has 76 valence electrons. The van der Waals surface area contributed by atoms with Crippen LogP contribution in [0.1, 0.15) is 27.7 Å². The van der Waals surface area contributed by atoms with Gasteiger partial charge in [-0.2, -0.15) is 0 Å². The van der Waals surface area contributed by atoms with E-state index in [1.807, 2.05) is 27.7 Å². The van der Waals surface area contributed by atoms with Crippen molar-refractivity contribution in [1.29, 1.82) is 0 Å². The lowest BCUT2D eigenvalue weighted by Crippen LogP contribution is -2.45. The van der Waals surface area contributed by atoms with Crippen molar-refractivity contribution in [2.75, 3.05) is 13.1 Å². The number of hydrogen-bond acceptors (Lipinski definition) is 2. The van der Waals surface area contributed by atoms with Gasteiger partial charge in [-0.05, 0) is 27.7 Å². The molecule has 0 fully saturated rings. The van der Waals surface area contributed by atoms with Gasteiger partial charge in [0, 0.05) is 19.1 Å². The number of rotatable bonds is 4. The van der Waals surface area contributed by atoms with Gasteiger partial charge in [-0.3, -0.25) is 4.90 Å². The van der Waals surface area contributed by atoms with Crippen molar-refractivity contribution in [3.63, 3.8) is 0 Å². The molecule has 0 heterocycles. The highest BCUT2D eigenvalue weighted by Gasteiger charge is 2.18. The summed E-state index contributed by atoms with van der Waals surface area (Å²) in [6.07, 6.45) is 0. The third kappa shape index (κ3) is 3.30. The molecule has 0 radical (unpaired) electrons. The summed E-state index contributed by atoms with van der Waals surface area (Å²) in [4.78, 5) is 15.1. The molecular formula is C9H18N2OS. The van der Waals surface area contributed by atoms with Crippen molar-refractivity contribution in [2.45, 2.75) is 33.7 Å². The van der Waals surface area contributed by atoms with E-state index >= 15 is 0 Å². The zero-order chi connectivity index (χ0) is 10.4. The van der Waals surface area contributed by atoms with E-state index in [4.69, 9.17) is 12.2 Å². The van der Waals surface area contributed by atoms with Crippen LogP contribution in [0.25, 0.3) is 0 Å². The smallest absolute Gasteiger partial charge is 0.324 e. The fourth-order valence-electron chi connectivity index (χ4n) is 1.05. The second-order valence-electron chi connectivity index (χ2n) is 3.06. The molecule has 0 aromatic heterocycles. The first-order chi connectivity index (χ1) is 6.08. The molecule has 0 aromatic rings. The molecule has 3 nitrogen and oxygen atoms in total. The van der Waals surface area contributed by atoms with Crippen LogP contribution in [0.3, 0.4) is 0 Å². The third-order valence-electron chi connectivity index (χ3n) is 1.92. The first-order valence-corrected chi connectivity index (χ1v) is 5.08. The van der Waals surface area contributed by atoms with Crippen LogP contribution in [0.2, 0.25) is 0 Å². The molecule has 0 N–H and O–H groups in total.